The number of sulfonamides is 1. The average Bonchev–Trinajstić information content (AvgIpc) is 2.89. The smallest absolute Gasteiger partial charge is 0.364 e. The Morgan fingerprint density at radius 3 is 2.43 bits per heavy atom. The fraction of sp³-hybridized carbons (Fsp3) is 0.727. The van der Waals surface area contributed by atoms with Crippen molar-refractivity contribution in [3.05, 3.63) is 18.0 Å². The number of hydrogen-bond acceptors (Lipinski definition) is 5. The number of hydrogen-bond donors (Lipinski definition) is 0. The van der Waals surface area contributed by atoms with Gasteiger partial charge in [-0.15, -0.1) is 0 Å². The van der Waals surface area contributed by atoms with Gasteiger partial charge in [0.25, 0.3) is 0 Å². The molecule has 1 fully saturated rings. The van der Waals surface area contributed by atoms with Crippen LogP contribution in [0.15, 0.2) is 16.9 Å². The lowest BCUT2D eigenvalue weighted by atomic mass is 10.2. The molecule has 0 spiro atoms. The molecule has 0 radical (unpaired) electrons. The number of rotatable bonds is 4. The molecule has 1 unspecified atom stereocenters. The first-order chi connectivity index (χ1) is 9.70. The third kappa shape index (κ3) is 3.95. The normalized spacial score (nSPS) is 20.6. The van der Waals surface area contributed by atoms with Crippen molar-refractivity contribution in [1.29, 1.82) is 0 Å². The maximum absolute atomic E-state index is 12.6. The Morgan fingerprint density at radius 2 is 1.95 bits per heavy atom. The first-order valence-electron chi connectivity index (χ1n) is 6.38. The zero-order chi connectivity index (χ0) is 15.7. The van der Waals surface area contributed by atoms with Crippen LogP contribution in [0, 0.1) is 0 Å². The van der Waals surface area contributed by atoms with E-state index in [1.54, 1.807) is 0 Å². The highest BCUT2D eigenvalue weighted by molar-refractivity contribution is 7.88. The molecule has 1 saturated heterocycles. The lowest BCUT2D eigenvalue weighted by molar-refractivity contribution is -0.181. The average molecular weight is 327 g/mol. The van der Waals surface area contributed by atoms with Gasteiger partial charge in [0.15, 0.2) is 0 Å². The predicted octanol–water partition coefficient (Wildman–Crippen LogP) is 1.07. The fourth-order valence-electron chi connectivity index (χ4n) is 2.17. The van der Waals surface area contributed by atoms with Crippen LogP contribution in [-0.2, 0) is 15.8 Å². The molecule has 1 aliphatic heterocycles. The summed E-state index contributed by atoms with van der Waals surface area (Å²) < 4.78 is 67.9. The molecule has 0 bridgehead atoms. The van der Waals surface area contributed by atoms with Gasteiger partial charge in [-0.2, -0.15) is 17.5 Å². The van der Waals surface area contributed by atoms with Gasteiger partial charge in [-0.3, -0.25) is 4.90 Å². The second-order valence-corrected chi connectivity index (χ2v) is 6.87. The summed E-state index contributed by atoms with van der Waals surface area (Å²) in [5, 5.41) is 3.53. The Morgan fingerprint density at radius 1 is 1.33 bits per heavy atom. The number of aromatic nitrogens is 1. The molecule has 2 heterocycles. The molecular weight excluding hydrogens is 311 g/mol. The second-order valence-electron chi connectivity index (χ2n) is 4.90. The Kier molecular flexibility index (Phi) is 4.59. The van der Waals surface area contributed by atoms with Gasteiger partial charge in [-0.1, -0.05) is 5.16 Å². The molecule has 0 amide bonds. The SMILES string of the molecule is CC(N1CCN(S(=O)(=O)Cc2ccon2)CC1)C(F)(F)F. The molecule has 0 saturated carbocycles. The second kappa shape index (κ2) is 5.93. The molecule has 10 heteroatoms. The van der Waals surface area contributed by atoms with Crippen molar-refractivity contribution in [2.75, 3.05) is 26.2 Å². The summed E-state index contributed by atoms with van der Waals surface area (Å²) >= 11 is 0. The zero-order valence-electron chi connectivity index (χ0n) is 11.4. The first-order valence-corrected chi connectivity index (χ1v) is 7.99. The van der Waals surface area contributed by atoms with E-state index in [1.165, 1.54) is 21.5 Å². The Labute approximate surface area is 120 Å². The zero-order valence-corrected chi connectivity index (χ0v) is 12.2. The van der Waals surface area contributed by atoms with E-state index in [1.807, 2.05) is 0 Å². The van der Waals surface area contributed by atoms with Gasteiger partial charge in [0.2, 0.25) is 10.0 Å². The minimum atomic E-state index is -4.30. The number of nitrogens with zero attached hydrogens (tertiary/aromatic N) is 3. The number of halogens is 3. The quantitative estimate of drug-likeness (QED) is 0.828. The summed E-state index contributed by atoms with van der Waals surface area (Å²) in [4.78, 5) is 1.24. The monoisotopic (exact) mass is 327 g/mol. The van der Waals surface area contributed by atoms with Gasteiger partial charge < -0.3 is 4.52 Å². The van der Waals surface area contributed by atoms with E-state index < -0.39 is 22.2 Å². The van der Waals surface area contributed by atoms with Crippen LogP contribution < -0.4 is 0 Å². The molecule has 21 heavy (non-hydrogen) atoms. The molecule has 6 nitrogen and oxygen atoms in total. The Hall–Kier alpha value is -1.13. The summed E-state index contributed by atoms with van der Waals surface area (Å²) in [6, 6.07) is -0.127. The van der Waals surface area contributed by atoms with Gasteiger partial charge >= 0.3 is 6.18 Å². The summed E-state index contributed by atoms with van der Waals surface area (Å²) in [5.74, 6) is -0.307. The molecule has 0 aliphatic carbocycles. The van der Waals surface area contributed by atoms with E-state index >= 15 is 0 Å². The van der Waals surface area contributed by atoms with Crippen LogP contribution in [-0.4, -0.2) is 61.2 Å². The van der Waals surface area contributed by atoms with E-state index in [0.29, 0.717) is 0 Å². The highest BCUT2D eigenvalue weighted by Gasteiger charge is 2.41. The van der Waals surface area contributed by atoms with Crippen molar-refractivity contribution >= 4 is 10.0 Å². The van der Waals surface area contributed by atoms with E-state index in [4.69, 9.17) is 0 Å². The molecule has 1 atom stereocenters. The first kappa shape index (κ1) is 16.2. The van der Waals surface area contributed by atoms with E-state index in [-0.39, 0.29) is 37.6 Å². The van der Waals surface area contributed by atoms with E-state index in [0.717, 1.165) is 6.92 Å². The summed E-state index contributed by atoms with van der Waals surface area (Å²) in [5.41, 5.74) is 0.279. The van der Waals surface area contributed by atoms with Gasteiger partial charge in [-0.25, -0.2) is 8.42 Å². The minimum Gasteiger partial charge on any atom is -0.364 e. The Balaban J connectivity index is 1.94. The number of piperazine rings is 1. The van der Waals surface area contributed by atoms with Crippen LogP contribution in [0.2, 0.25) is 0 Å². The molecule has 0 aromatic carbocycles. The summed E-state index contributed by atoms with van der Waals surface area (Å²) in [7, 11) is -3.59. The minimum absolute atomic E-state index is 0.0423. The highest BCUT2D eigenvalue weighted by atomic mass is 32.2. The van der Waals surface area contributed by atoms with Crippen molar-refractivity contribution in [3.63, 3.8) is 0 Å². The van der Waals surface area contributed by atoms with Crippen LogP contribution in [0.5, 0.6) is 0 Å². The van der Waals surface area contributed by atoms with Crippen molar-refractivity contribution < 1.29 is 26.1 Å². The molecular formula is C11H16F3N3O3S. The van der Waals surface area contributed by atoms with Crippen molar-refractivity contribution in [2.24, 2.45) is 0 Å². The van der Waals surface area contributed by atoms with Crippen LogP contribution in [0.4, 0.5) is 13.2 Å². The predicted molar refractivity (Wildman–Crippen MR) is 67.8 cm³/mol. The third-order valence-electron chi connectivity index (χ3n) is 3.51. The van der Waals surface area contributed by atoms with Gasteiger partial charge in [0, 0.05) is 32.2 Å². The van der Waals surface area contributed by atoms with E-state index in [2.05, 4.69) is 9.68 Å². The van der Waals surface area contributed by atoms with Crippen LogP contribution in [0.3, 0.4) is 0 Å². The third-order valence-corrected chi connectivity index (χ3v) is 5.32. The summed E-state index contributed by atoms with van der Waals surface area (Å²) in [6.45, 7) is 1.28. The van der Waals surface area contributed by atoms with Crippen molar-refractivity contribution in [2.45, 2.75) is 24.9 Å². The van der Waals surface area contributed by atoms with Crippen LogP contribution in [0.1, 0.15) is 12.6 Å². The molecule has 120 valence electrons. The van der Waals surface area contributed by atoms with Crippen LogP contribution in [0.25, 0.3) is 0 Å². The van der Waals surface area contributed by atoms with Gasteiger partial charge in [-0.05, 0) is 6.92 Å². The van der Waals surface area contributed by atoms with Crippen molar-refractivity contribution in [1.82, 2.24) is 14.4 Å². The molecule has 1 aromatic heterocycles. The maximum atomic E-state index is 12.6. The van der Waals surface area contributed by atoms with E-state index in [9.17, 15) is 21.6 Å². The Bertz CT molecular complexity index is 551. The summed E-state index contributed by atoms with van der Waals surface area (Å²) in [6.07, 6.45) is -3.03. The highest BCUT2D eigenvalue weighted by Crippen LogP contribution is 2.25. The van der Waals surface area contributed by atoms with Crippen LogP contribution >= 0.6 is 0 Å². The lowest BCUT2D eigenvalue weighted by Crippen LogP contribution is -2.54. The maximum Gasteiger partial charge on any atom is 0.403 e. The molecule has 2 rings (SSSR count). The van der Waals surface area contributed by atoms with Crippen molar-refractivity contribution in [3.8, 4) is 0 Å². The largest absolute Gasteiger partial charge is 0.403 e. The van der Waals surface area contributed by atoms with Gasteiger partial charge in [0.05, 0.1) is 5.69 Å². The molecule has 1 aromatic rings. The number of alkyl halides is 3. The molecule has 0 N–H and O–H groups in total. The topological polar surface area (TPSA) is 66.7 Å². The van der Waals surface area contributed by atoms with Gasteiger partial charge in [0.1, 0.15) is 18.1 Å². The fourth-order valence-corrected chi connectivity index (χ4v) is 3.59. The lowest BCUT2D eigenvalue weighted by Gasteiger charge is -2.37. The molecule has 1 aliphatic rings. The standard InChI is InChI=1S/C11H16F3N3O3S/c1-9(11(12,13)14)16-3-5-17(6-4-16)21(18,19)8-10-2-7-20-15-10/h2,7,9H,3-6,8H2,1H3.